The van der Waals surface area contributed by atoms with Gasteiger partial charge in [-0.15, -0.1) is 10.2 Å². The first kappa shape index (κ1) is 17.4. The molecule has 1 amide bonds. The number of rotatable bonds is 4. The van der Waals surface area contributed by atoms with Crippen LogP contribution in [0.5, 0.6) is 0 Å². The molecular weight excluding hydrogens is 304 g/mol. The fourth-order valence-electron chi connectivity index (χ4n) is 3.98. The van der Waals surface area contributed by atoms with Crippen molar-refractivity contribution in [2.45, 2.75) is 83.8 Å². The summed E-state index contributed by atoms with van der Waals surface area (Å²) in [4.78, 5) is 16.8. The average Bonchev–Trinajstić information content (AvgIpc) is 3.25. The molecular formula is C18H30N4O2. The van der Waals surface area contributed by atoms with Crippen LogP contribution in [0.2, 0.25) is 0 Å². The topological polar surface area (TPSA) is 62.5 Å². The Morgan fingerprint density at radius 3 is 2.54 bits per heavy atom. The molecule has 2 aliphatic rings. The molecule has 2 aliphatic heterocycles. The largest absolute Gasteiger partial charge is 0.423 e. The monoisotopic (exact) mass is 334 g/mol. The summed E-state index contributed by atoms with van der Waals surface area (Å²) in [7, 11) is 0. The Morgan fingerprint density at radius 2 is 1.88 bits per heavy atom. The molecule has 0 bridgehead atoms. The Labute approximate surface area is 144 Å². The number of hydrogen-bond donors (Lipinski definition) is 0. The van der Waals surface area contributed by atoms with Gasteiger partial charge in [0.15, 0.2) is 0 Å². The van der Waals surface area contributed by atoms with Gasteiger partial charge < -0.3 is 9.32 Å². The van der Waals surface area contributed by atoms with Gasteiger partial charge in [-0.3, -0.25) is 9.69 Å². The van der Waals surface area contributed by atoms with Crippen molar-refractivity contribution in [1.29, 1.82) is 0 Å². The second-order valence-electron chi connectivity index (χ2n) is 8.08. The third-order valence-electron chi connectivity index (χ3n) is 5.23. The highest BCUT2D eigenvalue weighted by Crippen LogP contribution is 2.31. The van der Waals surface area contributed by atoms with E-state index in [-0.39, 0.29) is 11.3 Å². The molecule has 0 aliphatic carbocycles. The molecule has 0 radical (unpaired) electrons. The summed E-state index contributed by atoms with van der Waals surface area (Å²) < 4.78 is 5.87. The number of aromatic nitrogens is 2. The standard InChI is InChI=1S/C18H30N4O2/c1-5-16(23)22-11-7-9-14(22)13-8-6-10-21(13)12-15-19-20-17(24-15)18(2,3)4/h13-14H,5-12H2,1-4H3/t13-,14+/m1/s1. The molecule has 1 aromatic heterocycles. The molecule has 1 aromatic rings. The van der Waals surface area contributed by atoms with Gasteiger partial charge in [0, 0.05) is 30.5 Å². The first-order valence-electron chi connectivity index (χ1n) is 9.26. The molecule has 3 heterocycles. The van der Waals surface area contributed by atoms with Crippen LogP contribution in [0, 0.1) is 0 Å². The van der Waals surface area contributed by atoms with Crippen molar-refractivity contribution < 1.29 is 9.21 Å². The summed E-state index contributed by atoms with van der Waals surface area (Å²) in [6.45, 7) is 10.8. The Hall–Kier alpha value is -1.43. The van der Waals surface area contributed by atoms with Crippen LogP contribution in [-0.2, 0) is 16.8 Å². The molecule has 134 valence electrons. The minimum absolute atomic E-state index is 0.120. The van der Waals surface area contributed by atoms with Gasteiger partial charge in [-0.1, -0.05) is 27.7 Å². The van der Waals surface area contributed by atoms with E-state index in [4.69, 9.17) is 4.42 Å². The zero-order valence-electron chi connectivity index (χ0n) is 15.4. The normalized spacial score (nSPS) is 25.6. The maximum Gasteiger partial charge on any atom is 0.230 e. The van der Waals surface area contributed by atoms with Crippen molar-refractivity contribution in [3.63, 3.8) is 0 Å². The van der Waals surface area contributed by atoms with E-state index in [0.29, 0.717) is 36.8 Å². The van der Waals surface area contributed by atoms with E-state index < -0.39 is 0 Å². The second-order valence-corrected chi connectivity index (χ2v) is 8.08. The highest BCUT2D eigenvalue weighted by molar-refractivity contribution is 5.76. The van der Waals surface area contributed by atoms with Crippen LogP contribution in [0.4, 0.5) is 0 Å². The minimum atomic E-state index is -0.120. The number of carbonyl (C=O) groups is 1. The molecule has 2 fully saturated rings. The van der Waals surface area contributed by atoms with E-state index in [9.17, 15) is 4.79 Å². The lowest BCUT2D eigenvalue weighted by molar-refractivity contribution is -0.132. The van der Waals surface area contributed by atoms with Gasteiger partial charge in [0.05, 0.1) is 6.54 Å². The van der Waals surface area contributed by atoms with Crippen LogP contribution in [0.25, 0.3) is 0 Å². The van der Waals surface area contributed by atoms with E-state index in [0.717, 1.165) is 32.4 Å². The minimum Gasteiger partial charge on any atom is -0.423 e. The van der Waals surface area contributed by atoms with Gasteiger partial charge in [-0.2, -0.15) is 0 Å². The summed E-state index contributed by atoms with van der Waals surface area (Å²) >= 11 is 0. The lowest BCUT2D eigenvalue weighted by atomic mass is 9.97. The fraction of sp³-hybridized carbons (Fsp3) is 0.833. The number of amides is 1. The highest BCUT2D eigenvalue weighted by Gasteiger charge is 2.39. The van der Waals surface area contributed by atoms with Crippen molar-refractivity contribution in [3.8, 4) is 0 Å². The average molecular weight is 334 g/mol. The molecule has 0 N–H and O–H groups in total. The molecule has 3 rings (SSSR count). The molecule has 6 heteroatoms. The number of carbonyl (C=O) groups excluding carboxylic acids is 1. The van der Waals surface area contributed by atoms with Crippen LogP contribution >= 0.6 is 0 Å². The number of nitrogens with zero attached hydrogens (tertiary/aromatic N) is 4. The smallest absolute Gasteiger partial charge is 0.230 e. The SMILES string of the molecule is CCC(=O)N1CCC[C@H]1[C@H]1CCCN1Cc1nnc(C(C)(C)C)o1. The van der Waals surface area contributed by atoms with Crippen molar-refractivity contribution >= 4 is 5.91 Å². The van der Waals surface area contributed by atoms with Crippen LogP contribution in [0.1, 0.15) is 71.6 Å². The van der Waals surface area contributed by atoms with Gasteiger partial charge >= 0.3 is 0 Å². The zero-order valence-corrected chi connectivity index (χ0v) is 15.4. The first-order valence-corrected chi connectivity index (χ1v) is 9.26. The molecule has 24 heavy (non-hydrogen) atoms. The van der Waals surface area contributed by atoms with Crippen LogP contribution in [0.3, 0.4) is 0 Å². The van der Waals surface area contributed by atoms with Crippen LogP contribution in [-0.4, -0.2) is 51.1 Å². The molecule has 2 saturated heterocycles. The summed E-state index contributed by atoms with van der Waals surface area (Å²) in [5, 5.41) is 8.44. The van der Waals surface area contributed by atoms with E-state index in [1.54, 1.807) is 0 Å². The lowest BCUT2D eigenvalue weighted by Crippen LogP contribution is -2.47. The van der Waals surface area contributed by atoms with Crippen molar-refractivity contribution in [3.05, 3.63) is 11.8 Å². The van der Waals surface area contributed by atoms with E-state index >= 15 is 0 Å². The third kappa shape index (κ3) is 3.48. The molecule has 6 nitrogen and oxygen atoms in total. The van der Waals surface area contributed by atoms with Gasteiger partial charge in [0.25, 0.3) is 0 Å². The molecule has 2 atom stereocenters. The molecule has 0 unspecified atom stereocenters. The van der Waals surface area contributed by atoms with Crippen molar-refractivity contribution in [2.75, 3.05) is 13.1 Å². The summed E-state index contributed by atoms with van der Waals surface area (Å²) in [6.07, 6.45) is 5.16. The maximum atomic E-state index is 12.2. The Balaban J connectivity index is 1.69. The Bertz CT molecular complexity index is 578. The molecule has 0 saturated carbocycles. The Kier molecular flexibility index (Phi) is 4.95. The number of hydrogen-bond acceptors (Lipinski definition) is 5. The van der Waals surface area contributed by atoms with E-state index in [2.05, 4.69) is 40.8 Å². The number of likely N-dealkylation sites (tertiary alicyclic amines) is 2. The molecule has 0 aromatic carbocycles. The highest BCUT2D eigenvalue weighted by atomic mass is 16.4. The van der Waals surface area contributed by atoms with Gasteiger partial charge in [-0.05, 0) is 32.2 Å². The summed E-state index contributed by atoms with van der Waals surface area (Å²) in [5.41, 5.74) is -0.120. The van der Waals surface area contributed by atoms with Crippen LogP contribution < -0.4 is 0 Å². The molecule has 0 spiro atoms. The first-order chi connectivity index (χ1) is 11.4. The fourth-order valence-corrected chi connectivity index (χ4v) is 3.98. The zero-order chi connectivity index (χ0) is 17.3. The Morgan fingerprint density at radius 1 is 1.17 bits per heavy atom. The predicted octanol–water partition coefficient (Wildman–Crippen LogP) is 2.73. The second kappa shape index (κ2) is 6.82. The maximum absolute atomic E-state index is 12.2. The third-order valence-corrected chi connectivity index (χ3v) is 5.23. The van der Waals surface area contributed by atoms with Crippen molar-refractivity contribution in [1.82, 2.24) is 20.0 Å². The van der Waals surface area contributed by atoms with Gasteiger partial charge in [0.1, 0.15) is 0 Å². The summed E-state index contributed by atoms with van der Waals surface area (Å²) in [5.74, 6) is 1.67. The van der Waals surface area contributed by atoms with Gasteiger partial charge in [0.2, 0.25) is 17.7 Å². The lowest BCUT2D eigenvalue weighted by Gasteiger charge is -2.34. The quantitative estimate of drug-likeness (QED) is 0.847. The predicted molar refractivity (Wildman–Crippen MR) is 91.5 cm³/mol. The van der Waals surface area contributed by atoms with Crippen molar-refractivity contribution in [2.24, 2.45) is 0 Å². The van der Waals surface area contributed by atoms with Gasteiger partial charge in [-0.25, -0.2) is 0 Å². The van der Waals surface area contributed by atoms with E-state index in [1.165, 1.54) is 6.42 Å². The summed E-state index contributed by atoms with van der Waals surface area (Å²) in [6, 6.07) is 0.776. The van der Waals surface area contributed by atoms with E-state index in [1.807, 2.05) is 6.92 Å². The van der Waals surface area contributed by atoms with Crippen LogP contribution in [0.15, 0.2) is 4.42 Å².